The molecule has 0 N–H and O–H groups in total. The number of hydrogen-bond acceptors (Lipinski definition) is 5. The number of hydrogen-bond donors (Lipinski definition) is 0. The molecule has 1 aliphatic rings. The van der Waals surface area contributed by atoms with Crippen LogP contribution in [0.25, 0.3) is 0 Å². The van der Waals surface area contributed by atoms with Gasteiger partial charge >= 0.3 is 5.97 Å². The van der Waals surface area contributed by atoms with Gasteiger partial charge in [-0.15, -0.1) is 0 Å². The van der Waals surface area contributed by atoms with Crippen LogP contribution in [0.3, 0.4) is 0 Å². The summed E-state index contributed by atoms with van der Waals surface area (Å²) in [5.41, 5.74) is -2.26. The van der Waals surface area contributed by atoms with Crippen molar-refractivity contribution in [1.29, 1.82) is 0 Å². The SMILES string of the molecule is COC(=O)C1(C(F)F)Cc2cc(OC)cc(OC)c2C1=O. The summed E-state index contributed by atoms with van der Waals surface area (Å²) in [4.78, 5) is 24.3. The Bertz CT molecular complexity index is 599. The number of rotatable bonds is 4. The van der Waals surface area contributed by atoms with E-state index in [1.807, 2.05) is 0 Å². The molecule has 0 saturated carbocycles. The average molecular weight is 300 g/mol. The van der Waals surface area contributed by atoms with Crippen LogP contribution in [-0.2, 0) is 16.0 Å². The van der Waals surface area contributed by atoms with Gasteiger partial charge in [-0.3, -0.25) is 9.59 Å². The van der Waals surface area contributed by atoms with Crippen LogP contribution in [-0.4, -0.2) is 39.5 Å². The van der Waals surface area contributed by atoms with E-state index in [0.29, 0.717) is 5.75 Å². The lowest BCUT2D eigenvalue weighted by Crippen LogP contribution is -2.44. The maximum Gasteiger partial charge on any atom is 0.326 e. The van der Waals surface area contributed by atoms with Crippen LogP contribution in [0.2, 0.25) is 0 Å². The molecule has 1 aromatic rings. The highest BCUT2D eigenvalue weighted by atomic mass is 19.3. The van der Waals surface area contributed by atoms with Crippen LogP contribution in [0.5, 0.6) is 11.5 Å². The van der Waals surface area contributed by atoms with Crippen molar-refractivity contribution in [3.05, 3.63) is 23.3 Å². The van der Waals surface area contributed by atoms with Crippen molar-refractivity contribution < 1.29 is 32.6 Å². The second-order valence-electron chi connectivity index (χ2n) is 4.63. The van der Waals surface area contributed by atoms with Crippen molar-refractivity contribution in [2.45, 2.75) is 12.8 Å². The molecule has 0 aromatic heterocycles. The standard InChI is InChI=1S/C14H14F2O5/c1-19-8-4-7-6-14(12(15)16,13(18)21-3)11(17)10(7)9(5-8)20-2/h4-5,12H,6H2,1-3H3. The first-order valence-electron chi connectivity index (χ1n) is 6.08. The van der Waals surface area contributed by atoms with Crippen molar-refractivity contribution in [2.75, 3.05) is 21.3 Å². The van der Waals surface area contributed by atoms with Crippen LogP contribution >= 0.6 is 0 Å². The second kappa shape index (κ2) is 5.31. The normalized spacial score (nSPS) is 20.4. The van der Waals surface area contributed by atoms with Gasteiger partial charge < -0.3 is 14.2 Å². The van der Waals surface area contributed by atoms with Crippen molar-refractivity contribution in [3.8, 4) is 11.5 Å². The molecule has 0 amide bonds. The third-order valence-corrected chi connectivity index (χ3v) is 3.64. The molecular weight excluding hydrogens is 286 g/mol. The van der Waals surface area contributed by atoms with E-state index in [9.17, 15) is 18.4 Å². The van der Waals surface area contributed by atoms with Crippen LogP contribution in [0.1, 0.15) is 15.9 Å². The molecule has 2 rings (SSSR count). The van der Waals surface area contributed by atoms with E-state index in [4.69, 9.17) is 9.47 Å². The van der Waals surface area contributed by atoms with Crippen molar-refractivity contribution in [2.24, 2.45) is 5.41 Å². The summed E-state index contributed by atoms with van der Waals surface area (Å²) < 4.78 is 41.5. The Morgan fingerprint density at radius 2 is 1.90 bits per heavy atom. The molecule has 7 heteroatoms. The maximum absolute atomic E-state index is 13.5. The molecule has 1 unspecified atom stereocenters. The van der Waals surface area contributed by atoms with E-state index >= 15 is 0 Å². The van der Waals surface area contributed by atoms with Crippen molar-refractivity contribution in [1.82, 2.24) is 0 Å². The smallest absolute Gasteiger partial charge is 0.326 e. The molecule has 1 aliphatic carbocycles. The summed E-state index contributed by atoms with van der Waals surface area (Å²) in [6.07, 6.45) is -3.63. The summed E-state index contributed by atoms with van der Waals surface area (Å²) in [5, 5.41) is 0. The van der Waals surface area contributed by atoms with Gasteiger partial charge in [0.2, 0.25) is 0 Å². The number of carbonyl (C=O) groups is 2. The van der Waals surface area contributed by atoms with Gasteiger partial charge in [-0.25, -0.2) is 8.78 Å². The zero-order valence-corrected chi connectivity index (χ0v) is 11.7. The fraction of sp³-hybridized carbons (Fsp3) is 0.429. The van der Waals surface area contributed by atoms with Crippen LogP contribution < -0.4 is 9.47 Å². The molecule has 0 spiro atoms. The number of ether oxygens (including phenoxy) is 3. The number of ketones is 1. The van der Waals surface area contributed by atoms with E-state index in [0.717, 1.165) is 7.11 Å². The molecule has 1 aromatic carbocycles. The van der Waals surface area contributed by atoms with Gasteiger partial charge in [-0.2, -0.15) is 0 Å². The minimum atomic E-state index is -3.18. The molecule has 0 saturated heterocycles. The Morgan fingerprint density at radius 3 is 2.38 bits per heavy atom. The van der Waals surface area contributed by atoms with E-state index in [2.05, 4.69) is 4.74 Å². The van der Waals surface area contributed by atoms with Crippen LogP contribution in [0.15, 0.2) is 12.1 Å². The zero-order valence-electron chi connectivity index (χ0n) is 11.7. The van der Waals surface area contributed by atoms with Crippen LogP contribution in [0, 0.1) is 5.41 Å². The molecule has 0 heterocycles. The number of halogens is 2. The van der Waals surface area contributed by atoms with Gasteiger partial charge in [0.1, 0.15) is 11.5 Å². The predicted octanol–water partition coefficient (Wildman–Crippen LogP) is 1.87. The van der Waals surface area contributed by atoms with Crippen LogP contribution in [0.4, 0.5) is 8.78 Å². The lowest BCUT2D eigenvalue weighted by Gasteiger charge is -2.22. The number of methoxy groups -OCH3 is 3. The topological polar surface area (TPSA) is 61.8 Å². The van der Waals surface area contributed by atoms with Crippen molar-refractivity contribution in [3.63, 3.8) is 0 Å². The fourth-order valence-corrected chi connectivity index (χ4v) is 2.54. The largest absolute Gasteiger partial charge is 0.497 e. The summed E-state index contributed by atoms with van der Waals surface area (Å²) in [6, 6.07) is 2.86. The maximum atomic E-state index is 13.5. The summed E-state index contributed by atoms with van der Waals surface area (Å²) in [5.74, 6) is -1.78. The van der Waals surface area contributed by atoms with Gasteiger partial charge in [0.15, 0.2) is 11.2 Å². The highest BCUT2D eigenvalue weighted by molar-refractivity contribution is 6.17. The first-order valence-corrected chi connectivity index (χ1v) is 6.08. The Hall–Kier alpha value is -2.18. The average Bonchev–Trinajstić information content (AvgIpc) is 2.79. The number of carbonyl (C=O) groups excluding carboxylic acids is 2. The molecule has 0 fully saturated rings. The van der Waals surface area contributed by atoms with Gasteiger partial charge in [-0.05, 0) is 11.6 Å². The van der Waals surface area contributed by atoms with Gasteiger partial charge in [0, 0.05) is 12.5 Å². The number of esters is 1. The van der Waals surface area contributed by atoms with Gasteiger partial charge in [-0.1, -0.05) is 0 Å². The second-order valence-corrected chi connectivity index (χ2v) is 4.63. The van der Waals surface area contributed by atoms with E-state index < -0.39 is 30.0 Å². The zero-order chi connectivity index (χ0) is 15.8. The number of Topliss-reactive ketones (excluding diaryl/α,β-unsaturated/α-hetero) is 1. The molecule has 0 aliphatic heterocycles. The van der Waals surface area contributed by atoms with E-state index in [1.54, 1.807) is 0 Å². The third-order valence-electron chi connectivity index (χ3n) is 3.64. The lowest BCUT2D eigenvalue weighted by atomic mass is 9.84. The molecule has 114 valence electrons. The first kappa shape index (κ1) is 15.2. The van der Waals surface area contributed by atoms with E-state index in [-0.39, 0.29) is 16.9 Å². The summed E-state index contributed by atoms with van der Waals surface area (Å²) >= 11 is 0. The lowest BCUT2D eigenvalue weighted by molar-refractivity contribution is -0.157. The third kappa shape index (κ3) is 2.03. The Morgan fingerprint density at radius 1 is 1.24 bits per heavy atom. The van der Waals surface area contributed by atoms with E-state index in [1.165, 1.54) is 26.4 Å². The molecule has 21 heavy (non-hydrogen) atoms. The minimum Gasteiger partial charge on any atom is -0.497 e. The monoisotopic (exact) mass is 300 g/mol. The number of fused-ring (bicyclic) bond motifs is 1. The predicted molar refractivity (Wildman–Crippen MR) is 68.0 cm³/mol. The highest BCUT2D eigenvalue weighted by Crippen LogP contribution is 2.47. The Kier molecular flexibility index (Phi) is 3.85. The van der Waals surface area contributed by atoms with Crippen molar-refractivity contribution >= 4 is 11.8 Å². The van der Waals surface area contributed by atoms with Gasteiger partial charge in [0.05, 0.1) is 26.9 Å². The summed E-state index contributed by atoms with van der Waals surface area (Å²) in [6.45, 7) is 0. The molecular formula is C14H14F2O5. The number of alkyl halides is 2. The quantitative estimate of drug-likeness (QED) is 0.627. The minimum absolute atomic E-state index is 0.0241. The van der Waals surface area contributed by atoms with Gasteiger partial charge in [0.25, 0.3) is 6.43 Å². The first-order chi connectivity index (χ1) is 9.92. The Labute approximate surface area is 119 Å². The highest BCUT2D eigenvalue weighted by Gasteiger charge is 2.60. The molecule has 5 nitrogen and oxygen atoms in total. The fourth-order valence-electron chi connectivity index (χ4n) is 2.54. The molecule has 0 bridgehead atoms. The Balaban J connectivity index is 2.64. The number of benzene rings is 1. The molecule has 0 radical (unpaired) electrons. The molecule has 1 atom stereocenters. The summed E-state index contributed by atoms with van der Waals surface area (Å²) in [7, 11) is 3.68.